The molecular formula is C48H37N3. The Hall–Kier alpha value is -6.84. The molecule has 0 radical (unpaired) electrons. The summed E-state index contributed by atoms with van der Waals surface area (Å²) >= 11 is 0. The molecule has 51 heavy (non-hydrogen) atoms. The maximum atomic E-state index is 6.47. The molecule has 0 atom stereocenters. The van der Waals surface area contributed by atoms with E-state index in [4.69, 9.17) is 11.5 Å². The molecule has 0 aliphatic carbocycles. The van der Waals surface area contributed by atoms with Gasteiger partial charge in [-0.1, -0.05) is 140 Å². The van der Waals surface area contributed by atoms with Crippen LogP contribution in [0.4, 0.5) is 28.4 Å². The molecule has 0 saturated heterocycles. The van der Waals surface area contributed by atoms with E-state index in [0.29, 0.717) is 0 Å². The third-order valence-electron chi connectivity index (χ3n) is 9.38. The zero-order valence-electron chi connectivity index (χ0n) is 28.2. The van der Waals surface area contributed by atoms with Crippen LogP contribution in [0.1, 0.15) is 0 Å². The van der Waals surface area contributed by atoms with Gasteiger partial charge in [-0.3, -0.25) is 0 Å². The summed E-state index contributed by atoms with van der Waals surface area (Å²) < 4.78 is 0. The van der Waals surface area contributed by atoms with Gasteiger partial charge < -0.3 is 16.4 Å². The number of nitrogens with two attached hydrogens (primary N) is 2. The molecule has 4 N–H and O–H groups in total. The van der Waals surface area contributed by atoms with Gasteiger partial charge in [0.25, 0.3) is 0 Å². The number of nitrogen functional groups attached to an aromatic ring is 2. The fourth-order valence-electron chi connectivity index (χ4n) is 6.66. The maximum Gasteiger partial charge on any atom is 0.0467 e. The van der Waals surface area contributed by atoms with Crippen LogP contribution in [-0.2, 0) is 0 Å². The van der Waals surface area contributed by atoms with Gasteiger partial charge in [0.2, 0.25) is 0 Å². The van der Waals surface area contributed by atoms with Crippen LogP contribution >= 0.6 is 0 Å². The van der Waals surface area contributed by atoms with E-state index in [2.05, 4.69) is 175 Å². The van der Waals surface area contributed by atoms with E-state index < -0.39 is 0 Å². The quantitative estimate of drug-likeness (QED) is 0.160. The highest BCUT2D eigenvalue weighted by atomic mass is 15.1. The second-order valence-electron chi connectivity index (χ2n) is 12.7. The van der Waals surface area contributed by atoms with Crippen molar-refractivity contribution in [3.05, 3.63) is 200 Å². The van der Waals surface area contributed by atoms with Crippen molar-refractivity contribution >= 4 is 28.4 Å². The molecule has 0 fully saturated rings. The van der Waals surface area contributed by atoms with E-state index in [9.17, 15) is 0 Å². The van der Waals surface area contributed by atoms with Crippen LogP contribution in [0, 0.1) is 0 Å². The molecule has 0 bridgehead atoms. The van der Waals surface area contributed by atoms with Gasteiger partial charge in [0.05, 0.1) is 0 Å². The Bertz CT molecular complexity index is 2320. The molecule has 0 aromatic heterocycles. The summed E-state index contributed by atoms with van der Waals surface area (Å²) in [6.45, 7) is 0. The van der Waals surface area contributed by atoms with Crippen molar-refractivity contribution in [2.45, 2.75) is 0 Å². The van der Waals surface area contributed by atoms with Crippen molar-refractivity contribution in [1.29, 1.82) is 0 Å². The molecular weight excluding hydrogens is 619 g/mol. The van der Waals surface area contributed by atoms with Crippen LogP contribution in [0.5, 0.6) is 0 Å². The molecule has 3 heteroatoms. The highest BCUT2D eigenvalue weighted by Gasteiger charge is 2.15. The Kier molecular flexibility index (Phi) is 8.60. The van der Waals surface area contributed by atoms with E-state index in [0.717, 1.165) is 61.8 Å². The first-order chi connectivity index (χ1) is 25.1. The minimum Gasteiger partial charge on any atom is -0.399 e. The predicted octanol–water partition coefficient (Wildman–Crippen LogP) is 12.7. The van der Waals surface area contributed by atoms with E-state index >= 15 is 0 Å². The van der Waals surface area contributed by atoms with Crippen LogP contribution in [0.15, 0.2) is 200 Å². The van der Waals surface area contributed by atoms with Gasteiger partial charge in [-0.2, -0.15) is 0 Å². The Morgan fingerprint density at radius 1 is 0.275 bits per heavy atom. The Balaban J connectivity index is 1.13. The zero-order chi connectivity index (χ0) is 34.6. The van der Waals surface area contributed by atoms with Gasteiger partial charge in [0, 0.05) is 34.0 Å². The third-order valence-corrected chi connectivity index (χ3v) is 9.38. The van der Waals surface area contributed by atoms with Crippen molar-refractivity contribution in [2.24, 2.45) is 0 Å². The highest BCUT2D eigenvalue weighted by molar-refractivity contribution is 5.85. The fraction of sp³-hybridized carbons (Fsp3) is 0. The molecule has 0 aliphatic heterocycles. The number of rotatable bonds is 8. The Labute approximate surface area is 299 Å². The van der Waals surface area contributed by atoms with Gasteiger partial charge in [0.15, 0.2) is 0 Å². The van der Waals surface area contributed by atoms with Gasteiger partial charge in [-0.05, 0) is 111 Å². The number of hydrogen-bond donors (Lipinski definition) is 2. The summed E-state index contributed by atoms with van der Waals surface area (Å²) in [6.07, 6.45) is 0. The van der Waals surface area contributed by atoms with Crippen LogP contribution in [0.25, 0.3) is 55.6 Å². The molecule has 244 valence electrons. The Morgan fingerprint density at radius 3 is 1.22 bits per heavy atom. The SMILES string of the molecule is Nc1ccc(-c2ccc(N)c(-c3ccc(-c4ccc(N(c5cccc(-c6ccccc6)c5)c5cccc(-c6ccccc6)c5)cc4)cc3)c2)cc1. The number of benzene rings is 8. The first-order valence-corrected chi connectivity index (χ1v) is 17.2. The summed E-state index contributed by atoms with van der Waals surface area (Å²) in [7, 11) is 0. The predicted molar refractivity (Wildman–Crippen MR) is 217 cm³/mol. The molecule has 0 heterocycles. The van der Waals surface area contributed by atoms with Crippen LogP contribution in [-0.4, -0.2) is 0 Å². The highest BCUT2D eigenvalue weighted by Crippen LogP contribution is 2.39. The van der Waals surface area contributed by atoms with E-state index in [1.54, 1.807) is 0 Å². The van der Waals surface area contributed by atoms with Gasteiger partial charge in [-0.25, -0.2) is 0 Å². The van der Waals surface area contributed by atoms with Gasteiger partial charge in [-0.15, -0.1) is 0 Å². The largest absolute Gasteiger partial charge is 0.399 e. The maximum absolute atomic E-state index is 6.47. The number of hydrogen-bond acceptors (Lipinski definition) is 3. The number of anilines is 5. The average molecular weight is 656 g/mol. The van der Waals surface area contributed by atoms with Gasteiger partial charge in [0.1, 0.15) is 0 Å². The second-order valence-corrected chi connectivity index (χ2v) is 12.7. The summed E-state index contributed by atoms with van der Waals surface area (Å²) in [4.78, 5) is 2.34. The lowest BCUT2D eigenvalue weighted by molar-refractivity contribution is 1.28. The van der Waals surface area contributed by atoms with Crippen LogP contribution < -0.4 is 16.4 Å². The zero-order valence-corrected chi connectivity index (χ0v) is 28.2. The lowest BCUT2D eigenvalue weighted by Gasteiger charge is -2.27. The minimum atomic E-state index is 0.749. The van der Waals surface area contributed by atoms with Crippen LogP contribution in [0.2, 0.25) is 0 Å². The van der Waals surface area contributed by atoms with Crippen molar-refractivity contribution in [3.63, 3.8) is 0 Å². The summed E-state index contributed by atoms with van der Waals surface area (Å²) in [5.74, 6) is 0. The van der Waals surface area contributed by atoms with Crippen molar-refractivity contribution in [3.8, 4) is 55.6 Å². The van der Waals surface area contributed by atoms with Crippen molar-refractivity contribution < 1.29 is 0 Å². The minimum absolute atomic E-state index is 0.749. The monoisotopic (exact) mass is 655 g/mol. The topological polar surface area (TPSA) is 55.3 Å². The van der Waals surface area contributed by atoms with Crippen molar-refractivity contribution in [2.75, 3.05) is 16.4 Å². The molecule has 0 aliphatic rings. The molecule has 0 unspecified atom stereocenters. The standard InChI is InChI=1S/C48H37N3/c49-43-26-21-38(22-27-43)42-25-30-48(50)47(33-42)39-19-17-36(18-20-39)37-23-28-44(29-24-37)51(45-15-7-13-40(31-45)34-9-3-1-4-10-34)46-16-8-14-41(32-46)35-11-5-2-6-12-35/h1-33H,49-50H2. The Morgan fingerprint density at radius 2 is 0.667 bits per heavy atom. The molecule has 0 saturated carbocycles. The molecule has 8 aromatic rings. The molecule has 0 amide bonds. The number of nitrogens with zero attached hydrogens (tertiary/aromatic N) is 1. The average Bonchev–Trinajstić information content (AvgIpc) is 3.20. The molecule has 0 spiro atoms. The van der Waals surface area contributed by atoms with Crippen molar-refractivity contribution in [1.82, 2.24) is 0 Å². The normalized spacial score (nSPS) is 10.9. The lowest BCUT2D eigenvalue weighted by atomic mass is 9.95. The summed E-state index contributed by atoms with van der Waals surface area (Å²) in [5, 5.41) is 0. The third kappa shape index (κ3) is 6.74. The fourth-order valence-corrected chi connectivity index (χ4v) is 6.66. The second kappa shape index (κ2) is 13.9. The smallest absolute Gasteiger partial charge is 0.0467 e. The van der Waals surface area contributed by atoms with Crippen LogP contribution in [0.3, 0.4) is 0 Å². The lowest BCUT2D eigenvalue weighted by Crippen LogP contribution is -2.10. The summed E-state index contributed by atoms with van der Waals surface area (Å²) in [6, 6.07) is 70.2. The molecule has 3 nitrogen and oxygen atoms in total. The molecule has 8 aromatic carbocycles. The summed E-state index contributed by atoms with van der Waals surface area (Å²) in [5.41, 5.74) is 28.5. The van der Waals surface area contributed by atoms with E-state index in [1.165, 1.54) is 22.3 Å². The van der Waals surface area contributed by atoms with E-state index in [-0.39, 0.29) is 0 Å². The first-order valence-electron chi connectivity index (χ1n) is 17.2. The van der Waals surface area contributed by atoms with Gasteiger partial charge >= 0.3 is 0 Å². The first kappa shape index (κ1) is 31.4. The molecule has 8 rings (SSSR count). The van der Waals surface area contributed by atoms with E-state index in [1.807, 2.05) is 30.3 Å².